The Balaban J connectivity index is 1.54. The largest absolute Gasteiger partial charge is 0.449 e. The normalized spacial score (nSPS) is 12.6. The lowest BCUT2D eigenvalue weighted by atomic mass is 10.1. The molecule has 0 aliphatic heterocycles. The van der Waals surface area contributed by atoms with Gasteiger partial charge < -0.3 is 10.1 Å². The minimum atomic E-state index is -0.901. The molecule has 0 radical (unpaired) electrons. The van der Waals surface area contributed by atoms with E-state index in [-0.39, 0.29) is 11.9 Å². The van der Waals surface area contributed by atoms with E-state index >= 15 is 0 Å². The number of carbonyl (C=O) groups excluding carboxylic acids is 2. The first-order valence-electron chi connectivity index (χ1n) is 10.3. The lowest BCUT2D eigenvalue weighted by Crippen LogP contribution is -2.41. The quantitative estimate of drug-likeness (QED) is 0.485. The van der Waals surface area contributed by atoms with Crippen molar-refractivity contribution in [1.82, 2.24) is 10.3 Å². The van der Waals surface area contributed by atoms with Crippen LogP contribution in [0, 0.1) is 0 Å². The third-order valence-corrected chi connectivity index (χ3v) is 5.73. The molecule has 3 aromatic rings. The summed E-state index contributed by atoms with van der Waals surface area (Å²) in [7, 11) is 0. The molecule has 31 heavy (non-hydrogen) atoms. The molecule has 1 aromatic heterocycles. The number of benzene rings is 2. The van der Waals surface area contributed by atoms with E-state index in [1.54, 1.807) is 25.3 Å². The smallest absolute Gasteiger partial charge is 0.341 e. The van der Waals surface area contributed by atoms with E-state index in [1.807, 2.05) is 55.5 Å². The summed E-state index contributed by atoms with van der Waals surface area (Å²) >= 11 is 1.38. The molecule has 1 heterocycles. The van der Waals surface area contributed by atoms with E-state index in [9.17, 15) is 9.59 Å². The highest BCUT2D eigenvalue weighted by Gasteiger charge is 2.22. The number of carbonyl (C=O) groups is 2. The molecule has 0 bridgehead atoms. The first-order chi connectivity index (χ1) is 15.0. The zero-order chi connectivity index (χ0) is 22.1. The lowest BCUT2D eigenvalue weighted by Gasteiger charge is -2.18. The number of rotatable bonds is 9. The number of esters is 1. The number of nitrogens with one attached hydrogen (secondary N) is 1. The van der Waals surface area contributed by atoms with Crippen LogP contribution in [-0.4, -0.2) is 29.0 Å². The Labute approximate surface area is 187 Å². The maximum absolute atomic E-state index is 12.7. The summed E-state index contributed by atoms with van der Waals surface area (Å²) in [6, 6.07) is 23.1. The number of amides is 1. The maximum atomic E-state index is 12.7. The Morgan fingerprint density at radius 3 is 2.35 bits per heavy atom. The van der Waals surface area contributed by atoms with Crippen LogP contribution in [0.3, 0.4) is 0 Å². The molecule has 0 aliphatic carbocycles. The molecule has 0 aliphatic rings. The molecular weight excluding hydrogens is 408 g/mol. The van der Waals surface area contributed by atoms with Crippen LogP contribution in [0.15, 0.2) is 88.9 Å². The molecule has 0 saturated carbocycles. The minimum Gasteiger partial charge on any atom is -0.449 e. The molecule has 1 amide bonds. The summed E-state index contributed by atoms with van der Waals surface area (Å²) in [5, 5.41) is 3.47. The summed E-state index contributed by atoms with van der Waals surface area (Å²) in [6.45, 7) is 3.53. The van der Waals surface area contributed by atoms with Gasteiger partial charge in [-0.15, -0.1) is 0 Å². The zero-order valence-corrected chi connectivity index (χ0v) is 18.5. The number of hydrogen-bond acceptors (Lipinski definition) is 5. The second-order valence-electron chi connectivity index (χ2n) is 7.25. The van der Waals surface area contributed by atoms with Gasteiger partial charge in [0, 0.05) is 17.1 Å². The molecule has 0 saturated heterocycles. The van der Waals surface area contributed by atoms with Crippen LogP contribution in [0.1, 0.15) is 36.2 Å². The summed E-state index contributed by atoms with van der Waals surface area (Å²) in [6.07, 6.45) is 2.40. The van der Waals surface area contributed by atoms with E-state index in [0.29, 0.717) is 10.6 Å². The van der Waals surface area contributed by atoms with Crippen molar-refractivity contribution in [2.24, 2.45) is 0 Å². The van der Waals surface area contributed by atoms with Crippen LogP contribution in [-0.2, 0) is 16.0 Å². The number of aryl methyl sites for hydroxylation is 1. The molecular formula is C25H26N2O3S. The van der Waals surface area contributed by atoms with Crippen molar-refractivity contribution in [3.8, 4) is 0 Å². The van der Waals surface area contributed by atoms with Gasteiger partial charge in [0.1, 0.15) is 5.03 Å². The number of ether oxygens (including phenoxy) is 1. The molecule has 2 unspecified atom stereocenters. The van der Waals surface area contributed by atoms with Crippen molar-refractivity contribution in [2.75, 3.05) is 0 Å². The van der Waals surface area contributed by atoms with Crippen molar-refractivity contribution in [3.63, 3.8) is 0 Å². The van der Waals surface area contributed by atoms with Crippen molar-refractivity contribution in [1.29, 1.82) is 0 Å². The van der Waals surface area contributed by atoms with Gasteiger partial charge in [0.2, 0.25) is 0 Å². The fraction of sp³-hybridized carbons (Fsp3) is 0.240. The highest BCUT2D eigenvalue weighted by atomic mass is 32.2. The molecule has 2 aromatic carbocycles. The van der Waals surface area contributed by atoms with Crippen molar-refractivity contribution in [2.45, 2.75) is 48.8 Å². The average Bonchev–Trinajstić information content (AvgIpc) is 2.79. The van der Waals surface area contributed by atoms with Crippen molar-refractivity contribution in [3.05, 3.63) is 90.1 Å². The van der Waals surface area contributed by atoms with Gasteiger partial charge in [0.15, 0.2) is 6.10 Å². The van der Waals surface area contributed by atoms with Gasteiger partial charge in [-0.2, -0.15) is 0 Å². The molecule has 1 N–H and O–H groups in total. The molecule has 5 nitrogen and oxygen atoms in total. The first kappa shape index (κ1) is 22.6. The molecule has 0 spiro atoms. The van der Waals surface area contributed by atoms with Crippen molar-refractivity contribution < 1.29 is 14.3 Å². The van der Waals surface area contributed by atoms with Gasteiger partial charge in [-0.05, 0) is 56.5 Å². The number of nitrogens with zero attached hydrogens (tertiary/aromatic N) is 1. The van der Waals surface area contributed by atoms with Crippen LogP contribution in [0.2, 0.25) is 0 Å². The number of hydrogen-bond donors (Lipinski definition) is 1. The van der Waals surface area contributed by atoms with Crippen LogP contribution < -0.4 is 5.32 Å². The highest BCUT2D eigenvalue weighted by molar-refractivity contribution is 7.99. The standard InChI is InChI=1S/C25H26N2O3S/c1-18(15-16-20-10-5-3-6-11-20)27-23(28)19(2)30-25(29)22-14-9-17-26-24(22)31-21-12-7-4-8-13-21/h3-14,17-19H,15-16H2,1-2H3,(H,27,28). The van der Waals surface area contributed by atoms with Gasteiger partial charge in [-0.1, -0.05) is 60.3 Å². The predicted octanol–water partition coefficient (Wildman–Crippen LogP) is 4.92. The predicted molar refractivity (Wildman–Crippen MR) is 122 cm³/mol. The Kier molecular flexibility index (Phi) is 8.24. The Morgan fingerprint density at radius 1 is 0.968 bits per heavy atom. The Hall–Kier alpha value is -3.12. The average molecular weight is 435 g/mol. The van der Waals surface area contributed by atoms with Crippen LogP contribution >= 0.6 is 11.8 Å². The van der Waals surface area contributed by atoms with E-state index in [1.165, 1.54) is 17.3 Å². The summed E-state index contributed by atoms with van der Waals surface area (Å²) in [5.74, 6) is -0.874. The maximum Gasteiger partial charge on any atom is 0.341 e. The third kappa shape index (κ3) is 6.96. The fourth-order valence-electron chi connectivity index (χ4n) is 2.97. The summed E-state index contributed by atoms with van der Waals surface area (Å²) < 4.78 is 5.44. The van der Waals surface area contributed by atoms with Gasteiger partial charge in [0.25, 0.3) is 5.91 Å². The first-order valence-corrected chi connectivity index (χ1v) is 11.1. The SMILES string of the molecule is CC(CCc1ccccc1)NC(=O)C(C)OC(=O)c1cccnc1Sc1ccccc1. The van der Waals surface area contributed by atoms with E-state index < -0.39 is 12.1 Å². The minimum absolute atomic E-state index is 0.0311. The second-order valence-corrected chi connectivity index (χ2v) is 8.31. The van der Waals surface area contributed by atoms with Gasteiger partial charge in [-0.3, -0.25) is 4.79 Å². The third-order valence-electron chi connectivity index (χ3n) is 4.70. The van der Waals surface area contributed by atoms with Crippen LogP contribution in [0.4, 0.5) is 0 Å². The van der Waals surface area contributed by atoms with Gasteiger partial charge in [0.05, 0.1) is 5.56 Å². The molecule has 6 heteroatoms. The molecule has 2 atom stereocenters. The number of aromatic nitrogens is 1. The number of pyridine rings is 1. The van der Waals surface area contributed by atoms with Crippen molar-refractivity contribution >= 4 is 23.6 Å². The summed E-state index contributed by atoms with van der Waals surface area (Å²) in [4.78, 5) is 30.5. The molecule has 0 fully saturated rings. The van der Waals surface area contributed by atoms with E-state index in [2.05, 4.69) is 22.4 Å². The molecule has 3 rings (SSSR count). The fourth-order valence-corrected chi connectivity index (χ4v) is 3.86. The zero-order valence-electron chi connectivity index (χ0n) is 17.7. The van der Waals surface area contributed by atoms with Gasteiger partial charge >= 0.3 is 5.97 Å². The van der Waals surface area contributed by atoms with Crippen LogP contribution in [0.25, 0.3) is 0 Å². The topological polar surface area (TPSA) is 68.3 Å². The van der Waals surface area contributed by atoms with E-state index in [4.69, 9.17) is 4.74 Å². The van der Waals surface area contributed by atoms with Crippen LogP contribution in [0.5, 0.6) is 0 Å². The lowest BCUT2D eigenvalue weighted by molar-refractivity contribution is -0.129. The van der Waals surface area contributed by atoms with E-state index in [0.717, 1.165) is 17.7 Å². The second kappa shape index (κ2) is 11.3. The van der Waals surface area contributed by atoms with Gasteiger partial charge in [-0.25, -0.2) is 9.78 Å². The Morgan fingerprint density at radius 2 is 1.65 bits per heavy atom. The Bertz CT molecular complexity index is 996. The highest BCUT2D eigenvalue weighted by Crippen LogP contribution is 2.28. The summed E-state index contributed by atoms with van der Waals surface area (Å²) in [5.41, 5.74) is 1.57. The monoisotopic (exact) mass is 434 g/mol. The molecule has 160 valence electrons.